The van der Waals surface area contributed by atoms with Gasteiger partial charge < -0.3 is 15.1 Å². The van der Waals surface area contributed by atoms with Crippen LogP contribution >= 0.6 is 0 Å². The summed E-state index contributed by atoms with van der Waals surface area (Å²) < 4.78 is 0. The third-order valence-corrected chi connectivity index (χ3v) is 3.89. The second-order valence-electron chi connectivity index (χ2n) is 5.63. The molecule has 1 fully saturated rings. The van der Waals surface area contributed by atoms with Gasteiger partial charge in [-0.25, -0.2) is 4.79 Å². The van der Waals surface area contributed by atoms with Gasteiger partial charge >= 0.3 is 6.03 Å². The van der Waals surface area contributed by atoms with Gasteiger partial charge in [-0.3, -0.25) is 4.98 Å². The zero-order chi connectivity index (χ0) is 14.5. The highest BCUT2D eigenvalue weighted by molar-refractivity contribution is 5.74. The minimum atomic E-state index is -0.0663. The van der Waals surface area contributed by atoms with Crippen LogP contribution in [0.3, 0.4) is 0 Å². The Morgan fingerprint density at radius 1 is 1.50 bits per heavy atom. The molecule has 1 aromatic rings. The van der Waals surface area contributed by atoms with Crippen molar-refractivity contribution in [2.24, 2.45) is 0 Å². The van der Waals surface area contributed by atoms with Crippen LogP contribution in [0.1, 0.15) is 31.5 Å². The van der Waals surface area contributed by atoms with E-state index in [2.05, 4.69) is 29.3 Å². The van der Waals surface area contributed by atoms with E-state index in [0.717, 1.165) is 31.6 Å². The highest BCUT2D eigenvalue weighted by atomic mass is 16.2. The molecule has 2 heterocycles. The van der Waals surface area contributed by atoms with E-state index >= 15 is 0 Å². The van der Waals surface area contributed by atoms with Crippen molar-refractivity contribution in [3.63, 3.8) is 0 Å². The van der Waals surface area contributed by atoms with Crippen LogP contribution in [0.15, 0.2) is 24.4 Å². The molecule has 1 aliphatic rings. The zero-order valence-corrected chi connectivity index (χ0v) is 12.5. The maximum Gasteiger partial charge on any atom is 0.317 e. The third-order valence-electron chi connectivity index (χ3n) is 3.89. The maximum absolute atomic E-state index is 12.3. The lowest BCUT2D eigenvalue weighted by molar-refractivity contribution is 0.138. The summed E-state index contributed by atoms with van der Waals surface area (Å²) >= 11 is 0. The van der Waals surface area contributed by atoms with Crippen LogP contribution < -0.4 is 5.32 Å². The van der Waals surface area contributed by atoms with E-state index in [1.807, 2.05) is 30.0 Å². The Morgan fingerprint density at radius 2 is 2.30 bits per heavy atom. The fourth-order valence-electron chi connectivity index (χ4n) is 2.54. The summed E-state index contributed by atoms with van der Waals surface area (Å²) in [6.07, 6.45) is 3.97. The Morgan fingerprint density at radius 3 is 2.95 bits per heavy atom. The van der Waals surface area contributed by atoms with Crippen LogP contribution in [0.5, 0.6) is 0 Å². The van der Waals surface area contributed by atoms with Crippen LogP contribution in [0.25, 0.3) is 0 Å². The monoisotopic (exact) mass is 276 g/mol. The number of pyridine rings is 1. The Hall–Kier alpha value is -1.62. The van der Waals surface area contributed by atoms with Gasteiger partial charge in [-0.2, -0.15) is 0 Å². The van der Waals surface area contributed by atoms with Gasteiger partial charge in [-0.15, -0.1) is 0 Å². The molecule has 20 heavy (non-hydrogen) atoms. The molecule has 5 nitrogen and oxygen atoms in total. The highest BCUT2D eigenvalue weighted by Gasteiger charge is 2.25. The van der Waals surface area contributed by atoms with Gasteiger partial charge in [0.15, 0.2) is 0 Å². The summed E-state index contributed by atoms with van der Waals surface area (Å²) in [5, 5.41) is 3.03. The molecule has 0 spiro atoms. The second-order valence-corrected chi connectivity index (χ2v) is 5.63. The molecule has 5 heteroatoms. The molecule has 2 rings (SSSR count). The number of nitrogens with one attached hydrogen (secondary N) is 1. The van der Waals surface area contributed by atoms with Gasteiger partial charge in [-0.1, -0.05) is 6.07 Å². The minimum Gasteiger partial charge on any atom is -0.330 e. The van der Waals surface area contributed by atoms with Crippen LogP contribution in [0.4, 0.5) is 4.79 Å². The number of urea groups is 1. The average molecular weight is 276 g/mol. The van der Waals surface area contributed by atoms with Crippen molar-refractivity contribution in [2.75, 3.05) is 27.2 Å². The molecular formula is C15H24N4O. The number of aromatic nitrogens is 1. The van der Waals surface area contributed by atoms with E-state index in [0.29, 0.717) is 6.04 Å². The van der Waals surface area contributed by atoms with Gasteiger partial charge in [-0.05, 0) is 46.0 Å². The molecular weight excluding hydrogens is 252 g/mol. The fourth-order valence-corrected chi connectivity index (χ4v) is 2.54. The first-order chi connectivity index (χ1) is 9.58. The van der Waals surface area contributed by atoms with E-state index in [1.165, 1.54) is 0 Å². The first-order valence-corrected chi connectivity index (χ1v) is 7.20. The predicted octanol–water partition coefficient (Wildman–Crippen LogP) is 1.88. The lowest BCUT2D eigenvalue weighted by Gasteiger charge is -2.36. The predicted molar refractivity (Wildman–Crippen MR) is 79.5 cm³/mol. The number of piperidine rings is 1. The lowest BCUT2D eigenvalue weighted by Crippen LogP contribution is -2.51. The standard InChI is InChI=1S/C15H24N4O/c1-12(14-8-4-5-9-16-14)17-15(20)19-10-6-7-13(11-19)18(2)3/h4-5,8-9,12-13H,6-7,10-11H2,1-3H3,(H,17,20). The molecule has 2 atom stereocenters. The topological polar surface area (TPSA) is 48.5 Å². The van der Waals surface area contributed by atoms with Crippen LogP contribution in [-0.2, 0) is 0 Å². The van der Waals surface area contributed by atoms with E-state index in [4.69, 9.17) is 0 Å². The molecule has 0 saturated carbocycles. The van der Waals surface area contributed by atoms with Crippen molar-refractivity contribution in [3.8, 4) is 0 Å². The normalized spacial score (nSPS) is 20.8. The van der Waals surface area contributed by atoms with Crippen molar-refractivity contribution in [2.45, 2.75) is 31.8 Å². The summed E-state index contributed by atoms with van der Waals surface area (Å²) in [5.74, 6) is 0. The molecule has 1 aliphatic heterocycles. The van der Waals surface area contributed by atoms with E-state index in [1.54, 1.807) is 6.20 Å². The largest absolute Gasteiger partial charge is 0.330 e. The van der Waals surface area contributed by atoms with Crippen LogP contribution in [0.2, 0.25) is 0 Å². The molecule has 2 amide bonds. The van der Waals surface area contributed by atoms with E-state index < -0.39 is 0 Å². The van der Waals surface area contributed by atoms with Gasteiger partial charge in [0, 0.05) is 25.3 Å². The Balaban J connectivity index is 1.91. The molecule has 0 aliphatic carbocycles. The molecule has 0 aromatic carbocycles. The highest BCUT2D eigenvalue weighted by Crippen LogP contribution is 2.15. The van der Waals surface area contributed by atoms with Crippen molar-refractivity contribution in [1.82, 2.24) is 20.1 Å². The first kappa shape index (κ1) is 14.8. The van der Waals surface area contributed by atoms with Gasteiger partial charge in [0.2, 0.25) is 0 Å². The molecule has 110 valence electrons. The smallest absolute Gasteiger partial charge is 0.317 e. The molecule has 0 bridgehead atoms. The number of likely N-dealkylation sites (tertiary alicyclic amines) is 1. The molecule has 0 radical (unpaired) electrons. The molecule has 1 N–H and O–H groups in total. The number of rotatable bonds is 3. The molecule has 2 unspecified atom stereocenters. The number of amides is 2. The summed E-state index contributed by atoms with van der Waals surface area (Å²) in [5.41, 5.74) is 0.891. The summed E-state index contributed by atoms with van der Waals surface area (Å²) in [4.78, 5) is 20.7. The van der Waals surface area contributed by atoms with Crippen molar-refractivity contribution >= 4 is 6.03 Å². The SMILES string of the molecule is CC(NC(=O)N1CCCC(N(C)C)C1)c1ccccn1. The Kier molecular flexibility index (Phi) is 4.95. The summed E-state index contributed by atoms with van der Waals surface area (Å²) in [6, 6.07) is 6.15. The van der Waals surface area contributed by atoms with Gasteiger partial charge in [0.05, 0.1) is 11.7 Å². The zero-order valence-electron chi connectivity index (χ0n) is 12.5. The minimum absolute atomic E-state index is 0.00898. The maximum atomic E-state index is 12.3. The fraction of sp³-hybridized carbons (Fsp3) is 0.600. The number of hydrogen-bond acceptors (Lipinski definition) is 3. The number of likely N-dealkylation sites (N-methyl/N-ethyl adjacent to an activating group) is 1. The second kappa shape index (κ2) is 6.70. The molecule has 1 aromatic heterocycles. The van der Waals surface area contributed by atoms with Crippen LogP contribution in [0, 0.1) is 0 Å². The van der Waals surface area contributed by atoms with Crippen LogP contribution in [-0.4, -0.2) is 54.0 Å². The third kappa shape index (κ3) is 3.70. The Bertz CT molecular complexity index is 435. The quantitative estimate of drug-likeness (QED) is 0.917. The number of carbonyl (C=O) groups excluding carboxylic acids is 1. The van der Waals surface area contributed by atoms with Gasteiger partial charge in [0.1, 0.15) is 0 Å². The summed E-state index contributed by atoms with van der Waals surface area (Å²) in [7, 11) is 4.14. The first-order valence-electron chi connectivity index (χ1n) is 7.20. The number of carbonyl (C=O) groups is 1. The average Bonchev–Trinajstić information content (AvgIpc) is 2.48. The van der Waals surface area contributed by atoms with E-state index in [9.17, 15) is 4.79 Å². The lowest BCUT2D eigenvalue weighted by atomic mass is 10.1. The number of nitrogens with zero attached hydrogens (tertiary/aromatic N) is 3. The van der Waals surface area contributed by atoms with E-state index in [-0.39, 0.29) is 12.1 Å². The molecule has 1 saturated heterocycles. The van der Waals surface area contributed by atoms with Crippen molar-refractivity contribution < 1.29 is 4.79 Å². The Labute approximate surface area is 121 Å². The van der Waals surface area contributed by atoms with Gasteiger partial charge in [0.25, 0.3) is 0 Å². The van der Waals surface area contributed by atoms with Crippen molar-refractivity contribution in [1.29, 1.82) is 0 Å². The number of hydrogen-bond donors (Lipinski definition) is 1. The van der Waals surface area contributed by atoms with Crippen molar-refractivity contribution in [3.05, 3.63) is 30.1 Å². The summed E-state index contributed by atoms with van der Waals surface area (Å²) in [6.45, 7) is 3.60.